The predicted octanol–water partition coefficient (Wildman–Crippen LogP) is 1.17. The maximum Gasteiger partial charge on any atom is 0.115 e. The van der Waals surface area contributed by atoms with E-state index in [2.05, 4.69) is 0 Å². The maximum atomic E-state index is 11.3. The van der Waals surface area contributed by atoms with Gasteiger partial charge in [0, 0.05) is 4.88 Å². The molecular formula is C8H10O2S2. The van der Waals surface area contributed by atoms with E-state index >= 15 is 0 Å². The first-order valence-corrected chi connectivity index (χ1v) is 6.67. The van der Waals surface area contributed by atoms with Gasteiger partial charge in [-0.05, 0) is 17.2 Å². The van der Waals surface area contributed by atoms with Crippen molar-refractivity contribution in [3.63, 3.8) is 0 Å². The highest BCUT2D eigenvalue weighted by molar-refractivity contribution is 8.04. The molecular weight excluding hydrogens is 192 g/mol. The summed E-state index contributed by atoms with van der Waals surface area (Å²) in [5.41, 5.74) is 0. The second kappa shape index (κ2) is 3.41. The van der Waals surface area contributed by atoms with E-state index in [1.54, 1.807) is 24.6 Å². The summed E-state index contributed by atoms with van der Waals surface area (Å²) in [6.45, 7) is 0. The van der Waals surface area contributed by atoms with Crippen LogP contribution in [0.1, 0.15) is 4.88 Å². The van der Waals surface area contributed by atoms with E-state index < -0.39 is 9.93 Å². The molecule has 0 N–H and O–H groups in total. The zero-order valence-corrected chi connectivity index (χ0v) is 8.58. The monoisotopic (exact) mass is 202 g/mol. The molecule has 0 atom stereocenters. The normalized spacial score (nSPS) is 13.3. The molecule has 0 saturated heterocycles. The standard InChI is InChI=1S/C8H10O2S2/c1-12(2,10)6-7(9)8-4-3-5-11-8/h3-6H,1-2H3. The lowest BCUT2D eigenvalue weighted by molar-refractivity contribution is -0.243. The Hall–Kier alpha value is -0.610. The van der Waals surface area contributed by atoms with Crippen LogP contribution in [0.2, 0.25) is 0 Å². The molecule has 0 unspecified atom stereocenters. The molecule has 0 aliphatic rings. The topological polar surface area (TPSA) is 40.1 Å². The Bertz CT molecular complexity index is 319. The smallest absolute Gasteiger partial charge is 0.115 e. The van der Waals surface area contributed by atoms with Crippen LogP contribution in [0.3, 0.4) is 0 Å². The van der Waals surface area contributed by atoms with Crippen LogP contribution in [0.4, 0.5) is 0 Å². The predicted molar refractivity (Wildman–Crippen MR) is 52.2 cm³/mol. The molecule has 0 bridgehead atoms. The molecule has 1 aromatic rings. The third-order valence-electron chi connectivity index (χ3n) is 1.15. The number of rotatable bonds is 2. The largest absolute Gasteiger partial charge is 0.869 e. The summed E-state index contributed by atoms with van der Waals surface area (Å²) in [6, 6.07) is 3.54. The molecule has 1 rings (SSSR count). The second-order valence-electron chi connectivity index (χ2n) is 2.77. The zero-order valence-electron chi connectivity index (χ0n) is 6.94. The highest BCUT2D eigenvalue weighted by Crippen LogP contribution is 2.16. The highest BCUT2D eigenvalue weighted by Gasteiger charge is 2.07. The van der Waals surface area contributed by atoms with Gasteiger partial charge in [0.1, 0.15) is 27.9 Å². The van der Waals surface area contributed by atoms with Crippen LogP contribution in [0.5, 0.6) is 0 Å². The molecule has 0 saturated carbocycles. The molecule has 12 heavy (non-hydrogen) atoms. The van der Waals surface area contributed by atoms with Crippen molar-refractivity contribution in [3.8, 4) is 0 Å². The van der Waals surface area contributed by atoms with Gasteiger partial charge in [-0.2, -0.15) is 0 Å². The van der Waals surface area contributed by atoms with Crippen LogP contribution >= 0.6 is 11.3 Å². The van der Waals surface area contributed by atoms with Crippen LogP contribution in [0.25, 0.3) is 5.76 Å². The van der Waals surface area contributed by atoms with Gasteiger partial charge in [0.05, 0.1) is 0 Å². The van der Waals surface area contributed by atoms with Gasteiger partial charge < -0.3 is 5.11 Å². The Labute approximate surface area is 77.0 Å². The van der Waals surface area contributed by atoms with Crippen LogP contribution in [0, 0.1) is 0 Å². The first-order valence-electron chi connectivity index (χ1n) is 3.36. The van der Waals surface area contributed by atoms with Crippen molar-refractivity contribution in [1.82, 2.24) is 0 Å². The lowest BCUT2D eigenvalue weighted by atomic mass is 10.4. The van der Waals surface area contributed by atoms with Crippen molar-refractivity contribution in [2.45, 2.75) is 0 Å². The summed E-state index contributed by atoms with van der Waals surface area (Å²) < 4.78 is 11.2. The highest BCUT2D eigenvalue weighted by atomic mass is 32.2. The summed E-state index contributed by atoms with van der Waals surface area (Å²) in [5, 5.41) is 14.4. The molecule has 4 heteroatoms. The average Bonchev–Trinajstić information content (AvgIpc) is 2.32. The molecule has 0 aromatic carbocycles. The van der Waals surface area contributed by atoms with Crippen LogP contribution in [-0.2, 0) is 14.1 Å². The van der Waals surface area contributed by atoms with Gasteiger partial charge in [0.15, 0.2) is 0 Å². The van der Waals surface area contributed by atoms with Gasteiger partial charge in [0.25, 0.3) is 0 Å². The fourth-order valence-electron chi connectivity index (χ4n) is 0.735. The molecule has 0 aliphatic carbocycles. The minimum Gasteiger partial charge on any atom is -0.869 e. The van der Waals surface area contributed by atoms with Crippen LogP contribution in [-0.4, -0.2) is 12.5 Å². The van der Waals surface area contributed by atoms with Crippen molar-refractivity contribution in [2.24, 2.45) is 0 Å². The van der Waals surface area contributed by atoms with Crippen LogP contribution in [0.15, 0.2) is 22.9 Å². The lowest BCUT2D eigenvalue weighted by Gasteiger charge is -2.06. The van der Waals surface area contributed by atoms with Gasteiger partial charge in [-0.15, -0.1) is 15.5 Å². The minimum atomic E-state index is -2.07. The quantitative estimate of drug-likeness (QED) is 0.533. The third-order valence-corrected chi connectivity index (χ3v) is 2.82. The first kappa shape index (κ1) is 9.48. The Morgan fingerprint density at radius 1 is 1.67 bits per heavy atom. The zero-order chi connectivity index (χ0) is 9.19. The fourth-order valence-corrected chi connectivity index (χ4v) is 2.09. The van der Waals surface area contributed by atoms with E-state index in [1.165, 1.54) is 16.7 Å². The SMILES string of the molecule is C[S+](C)(=O)/C=C(\[O-])c1cccs1. The summed E-state index contributed by atoms with van der Waals surface area (Å²) in [7, 11) is -2.07. The molecule has 0 spiro atoms. The van der Waals surface area contributed by atoms with Gasteiger partial charge in [-0.3, -0.25) is 0 Å². The lowest BCUT2D eigenvalue weighted by Crippen LogP contribution is -2.07. The van der Waals surface area contributed by atoms with E-state index in [4.69, 9.17) is 0 Å². The third kappa shape index (κ3) is 2.79. The molecule has 1 aromatic heterocycles. The van der Waals surface area contributed by atoms with Gasteiger partial charge in [0.2, 0.25) is 0 Å². The molecule has 1 heterocycles. The van der Waals surface area contributed by atoms with Crippen molar-refractivity contribution < 1.29 is 9.32 Å². The molecule has 0 fully saturated rings. The number of hydrogen-bond acceptors (Lipinski definition) is 3. The van der Waals surface area contributed by atoms with Crippen molar-refractivity contribution in [3.05, 3.63) is 27.8 Å². The number of hydrogen-bond donors (Lipinski definition) is 0. The number of thiophene rings is 1. The first-order chi connectivity index (χ1) is 5.49. The van der Waals surface area contributed by atoms with Gasteiger partial charge >= 0.3 is 0 Å². The van der Waals surface area contributed by atoms with E-state index in [-0.39, 0.29) is 5.76 Å². The van der Waals surface area contributed by atoms with Crippen molar-refractivity contribution in [1.29, 1.82) is 0 Å². The Morgan fingerprint density at radius 2 is 2.33 bits per heavy atom. The molecule has 2 nitrogen and oxygen atoms in total. The van der Waals surface area contributed by atoms with Crippen LogP contribution < -0.4 is 5.11 Å². The summed E-state index contributed by atoms with van der Waals surface area (Å²) in [4.78, 5) is 0.645. The Morgan fingerprint density at radius 3 is 2.75 bits per heavy atom. The maximum absolute atomic E-state index is 11.3. The van der Waals surface area contributed by atoms with E-state index in [1.807, 2.05) is 5.38 Å². The Balaban J connectivity index is 2.93. The summed E-state index contributed by atoms with van der Waals surface area (Å²) >= 11 is 1.37. The van der Waals surface area contributed by atoms with Crippen molar-refractivity contribution >= 4 is 27.0 Å². The van der Waals surface area contributed by atoms with Gasteiger partial charge in [-0.1, -0.05) is 6.07 Å². The Kier molecular flexibility index (Phi) is 2.69. The van der Waals surface area contributed by atoms with Gasteiger partial charge in [-0.25, -0.2) is 0 Å². The van der Waals surface area contributed by atoms with E-state index in [9.17, 15) is 9.32 Å². The summed E-state index contributed by atoms with van der Waals surface area (Å²) in [5.74, 6) is -0.139. The second-order valence-corrected chi connectivity index (χ2v) is 6.57. The average molecular weight is 202 g/mol. The fraction of sp³-hybridized carbons (Fsp3) is 0.250. The molecule has 0 aliphatic heterocycles. The molecule has 0 radical (unpaired) electrons. The molecule has 66 valence electrons. The molecule has 0 amide bonds. The van der Waals surface area contributed by atoms with E-state index in [0.717, 1.165) is 0 Å². The van der Waals surface area contributed by atoms with E-state index in [0.29, 0.717) is 4.88 Å². The van der Waals surface area contributed by atoms with Crippen molar-refractivity contribution in [2.75, 3.05) is 12.5 Å². The minimum absolute atomic E-state index is 0.139. The summed E-state index contributed by atoms with van der Waals surface area (Å²) in [6.07, 6.45) is 3.11.